The van der Waals surface area contributed by atoms with Crippen LogP contribution in [0, 0.1) is 5.41 Å². The van der Waals surface area contributed by atoms with Gasteiger partial charge in [-0.15, -0.1) is 0 Å². The molecule has 0 atom stereocenters. The van der Waals surface area contributed by atoms with Crippen molar-refractivity contribution >= 4 is 0 Å². The van der Waals surface area contributed by atoms with E-state index in [1.165, 1.54) is 5.56 Å². The average molecular weight is 355 g/mol. The molecule has 1 fully saturated rings. The van der Waals surface area contributed by atoms with Gasteiger partial charge in [0, 0.05) is 18.7 Å². The van der Waals surface area contributed by atoms with E-state index in [-0.39, 0.29) is 17.8 Å². The van der Waals surface area contributed by atoms with Crippen molar-refractivity contribution < 1.29 is 14.9 Å². The van der Waals surface area contributed by atoms with Gasteiger partial charge in [-0.25, -0.2) is 0 Å². The monoisotopic (exact) mass is 355 g/mol. The Morgan fingerprint density at radius 1 is 1.04 bits per heavy atom. The predicted octanol–water partition coefficient (Wildman–Crippen LogP) is 3.61. The molecule has 4 nitrogen and oxygen atoms in total. The number of phenolic OH excluding ortho intramolecular Hbond substituents is 1. The molecule has 0 aliphatic carbocycles. The van der Waals surface area contributed by atoms with Crippen LogP contribution in [0.4, 0.5) is 0 Å². The Morgan fingerprint density at radius 2 is 1.77 bits per heavy atom. The maximum absolute atomic E-state index is 10.4. The first-order chi connectivity index (χ1) is 12.7. The van der Waals surface area contributed by atoms with Crippen molar-refractivity contribution in [3.8, 4) is 11.5 Å². The summed E-state index contributed by atoms with van der Waals surface area (Å²) in [4.78, 5) is 2.35. The van der Waals surface area contributed by atoms with Gasteiger partial charge in [0.05, 0.1) is 6.61 Å². The molecule has 0 unspecified atom stereocenters. The number of piperidine rings is 1. The summed E-state index contributed by atoms with van der Waals surface area (Å²) in [5, 5.41) is 20.4. The van der Waals surface area contributed by atoms with Crippen LogP contribution in [0.25, 0.3) is 0 Å². The number of hydrogen-bond acceptors (Lipinski definition) is 4. The first-order valence-electron chi connectivity index (χ1n) is 9.46. The second-order valence-electron chi connectivity index (χ2n) is 7.29. The van der Waals surface area contributed by atoms with Gasteiger partial charge in [-0.3, -0.25) is 4.90 Å². The standard InChI is InChI=1S/C22H29NO3/c1-2-26-20-10-6-9-19(21(20)25)16-23-13-11-22(17-24,12-14-23)15-18-7-4-3-5-8-18/h3-10,24-25H,2,11-17H2,1H3. The number of hydrogen-bond donors (Lipinski definition) is 2. The van der Waals surface area contributed by atoms with Gasteiger partial charge in [-0.2, -0.15) is 0 Å². The fourth-order valence-corrected chi connectivity index (χ4v) is 3.81. The minimum absolute atomic E-state index is 0.0347. The van der Waals surface area contributed by atoms with Gasteiger partial charge in [0.2, 0.25) is 0 Å². The van der Waals surface area contributed by atoms with Crippen molar-refractivity contribution in [1.82, 2.24) is 4.90 Å². The Hall–Kier alpha value is -2.04. The highest BCUT2D eigenvalue weighted by atomic mass is 16.5. The van der Waals surface area contributed by atoms with Gasteiger partial charge in [0.1, 0.15) is 0 Å². The van der Waals surface area contributed by atoms with Crippen molar-refractivity contribution in [2.45, 2.75) is 32.7 Å². The lowest BCUT2D eigenvalue weighted by atomic mass is 9.74. The number of ether oxygens (including phenoxy) is 1. The quantitative estimate of drug-likeness (QED) is 0.797. The zero-order chi connectivity index (χ0) is 18.4. The molecule has 140 valence electrons. The Kier molecular flexibility index (Phi) is 6.17. The molecule has 0 spiro atoms. The molecule has 1 aliphatic heterocycles. The van der Waals surface area contributed by atoms with Crippen LogP contribution in [0.5, 0.6) is 11.5 Å². The van der Waals surface area contributed by atoms with E-state index in [2.05, 4.69) is 29.2 Å². The SMILES string of the molecule is CCOc1cccc(CN2CCC(CO)(Cc3ccccc3)CC2)c1O. The molecular formula is C22H29NO3. The highest BCUT2D eigenvalue weighted by molar-refractivity contribution is 5.45. The molecule has 4 heteroatoms. The van der Waals surface area contributed by atoms with Gasteiger partial charge in [-0.1, -0.05) is 42.5 Å². The fraction of sp³-hybridized carbons (Fsp3) is 0.455. The van der Waals surface area contributed by atoms with E-state index in [1.54, 1.807) is 6.07 Å². The molecule has 2 N–H and O–H groups in total. The lowest BCUT2D eigenvalue weighted by molar-refractivity contribution is 0.0411. The Balaban J connectivity index is 1.62. The van der Waals surface area contributed by atoms with Crippen molar-refractivity contribution in [3.05, 3.63) is 59.7 Å². The molecule has 3 rings (SSSR count). The van der Waals surface area contributed by atoms with E-state index in [4.69, 9.17) is 4.74 Å². The number of likely N-dealkylation sites (tertiary alicyclic amines) is 1. The molecule has 1 heterocycles. The number of para-hydroxylation sites is 1. The largest absolute Gasteiger partial charge is 0.504 e. The number of rotatable bonds is 7. The maximum atomic E-state index is 10.4. The lowest BCUT2D eigenvalue weighted by Gasteiger charge is -2.41. The summed E-state index contributed by atoms with van der Waals surface area (Å²) in [5.41, 5.74) is 2.15. The van der Waals surface area contributed by atoms with E-state index in [9.17, 15) is 10.2 Å². The molecule has 2 aromatic rings. The van der Waals surface area contributed by atoms with Crippen LogP contribution in [0.2, 0.25) is 0 Å². The molecule has 0 amide bonds. The van der Waals surface area contributed by atoms with Gasteiger partial charge in [0.15, 0.2) is 11.5 Å². The number of nitrogens with zero attached hydrogens (tertiary/aromatic N) is 1. The minimum Gasteiger partial charge on any atom is -0.504 e. The molecule has 1 saturated heterocycles. The summed E-state index contributed by atoms with van der Waals surface area (Å²) >= 11 is 0. The van der Waals surface area contributed by atoms with E-state index in [1.807, 2.05) is 25.1 Å². The summed E-state index contributed by atoms with van der Waals surface area (Å²) in [6.45, 7) is 5.23. The fourth-order valence-electron chi connectivity index (χ4n) is 3.81. The summed E-state index contributed by atoms with van der Waals surface area (Å²) in [6.07, 6.45) is 2.85. The van der Waals surface area contributed by atoms with E-state index >= 15 is 0 Å². The van der Waals surface area contributed by atoms with Crippen LogP contribution in [0.3, 0.4) is 0 Å². The summed E-state index contributed by atoms with van der Waals surface area (Å²) in [7, 11) is 0. The third-order valence-electron chi connectivity index (χ3n) is 5.45. The third-order valence-corrected chi connectivity index (χ3v) is 5.45. The Bertz CT molecular complexity index is 694. The first kappa shape index (κ1) is 18.7. The second kappa shape index (κ2) is 8.56. The zero-order valence-corrected chi connectivity index (χ0v) is 15.5. The van der Waals surface area contributed by atoms with E-state index in [0.29, 0.717) is 18.9 Å². The molecule has 0 bridgehead atoms. The lowest BCUT2D eigenvalue weighted by Crippen LogP contribution is -2.42. The highest BCUT2D eigenvalue weighted by Crippen LogP contribution is 2.36. The van der Waals surface area contributed by atoms with E-state index in [0.717, 1.165) is 37.9 Å². The number of aliphatic hydroxyl groups is 1. The smallest absolute Gasteiger partial charge is 0.162 e. The average Bonchev–Trinajstić information content (AvgIpc) is 2.67. The second-order valence-corrected chi connectivity index (χ2v) is 7.29. The van der Waals surface area contributed by atoms with Crippen LogP contribution in [0.15, 0.2) is 48.5 Å². The molecular weight excluding hydrogens is 326 g/mol. The van der Waals surface area contributed by atoms with Crippen LogP contribution in [0.1, 0.15) is 30.9 Å². The minimum atomic E-state index is -0.0347. The third kappa shape index (κ3) is 4.37. The van der Waals surface area contributed by atoms with Crippen molar-refractivity contribution in [1.29, 1.82) is 0 Å². The van der Waals surface area contributed by atoms with Crippen molar-refractivity contribution in [3.63, 3.8) is 0 Å². The Labute approximate surface area is 156 Å². The number of aromatic hydroxyl groups is 1. The van der Waals surface area contributed by atoms with Gasteiger partial charge in [-0.05, 0) is 56.3 Å². The molecule has 1 aliphatic rings. The van der Waals surface area contributed by atoms with Crippen LogP contribution >= 0.6 is 0 Å². The maximum Gasteiger partial charge on any atom is 0.162 e. The van der Waals surface area contributed by atoms with Crippen LogP contribution in [-0.2, 0) is 13.0 Å². The first-order valence-corrected chi connectivity index (χ1v) is 9.46. The highest BCUT2D eigenvalue weighted by Gasteiger charge is 2.34. The van der Waals surface area contributed by atoms with Crippen molar-refractivity contribution in [2.75, 3.05) is 26.3 Å². The van der Waals surface area contributed by atoms with Gasteiger partial charge in [0.25, 0.3) is 0 Å². The summed E-state index contributed by atoms with van der Waals surface area (Å²) in [5.74, 6) is 0.799. The van der Waals surface area contributed by atoms with Gasteiger partial charge >= 0.3 is 0 Å². The van der Waals surface area contributed by atoms with Gasteiger partial charge < -0.3 is 14.9 Å². The molecule has 2 aromatic carbocycles. The molecule has 0 saturated carbocycles. The topological polar surface area (TPSA) is 52.9 Å². The normalized spacial score (nSPS) is 17.2. The summed E-state index contributed by atoms with van der Waals surface area (Å²) in [6, 6.07) is 16.1. The molecule has 0 radical (unpaired) electrons. The number of aliphatic hydroxyl groups excluding tert-OH is 1. The zero-order valence-electron chi connectivity index (χ0n) is 15.5. The van der Waals surface area contributed by atoms with E-state index < -0.39 is 0 Å². The van der Waals surface area contributed by atoms with Crippen LogP contribution in [-0.4, -0.2) is 41.4 Å². The molecule has 0 aromatic heterocycles. The van der Waals surface area contributed by atoms with Crippen LogP contribution < -0.4 is 4.74 Å². The van der Waals surface area contributed by atoms with Crippen molar-refractivity contribution in [2.24, 2.45) is 5.41 Å². The molecule has 26 heavy (non-hydrogen) atoms. The summed E-state index contributed by atoms with van der Waals surface area (Å²) < 4.78 is 5.48. The number of benzene rings is 2. The predicted molar refractivity (Wildman–Crippen MR) is 103 cm³/mol. The Morgan fingerprint density at radius 3 is 2.42 bits per heavy atom. The number of phenols is 1.